The van der Waals surface area contributed by atoms with Crippen LogP contribution in [0.5, 0.6) is 0 Å². The zero-order chi connectivity index (χ0) is 18.1. The van der Waals surface area contributed by atoms with Crippen molar-refractivity contribution in [3.8, 4) is 0 Å². The van der Waals surface area contributed by atoms with Crippen LogP contribution in [0.2, 0.25) is 0 Å². The molecule has 25 heavy (non-hydrogen) atoms. The second kappa shape index (κ2) is 9.42. The van der Waals surface area contributed by atoms with Crippen LogP contribution in [0.1, 0.15) is 30.0 Å². The Morgan fingerprint density at radius 3 is 2.00 bits per heavy atom. The fourth-order valence-electron chi connectivity index (χ4n) is 2.20. The van der Waals surface area contributed by atoms with Gasteiger partial charge in [-0.1, -0.05) is 43.3 Å². The molecule has 0 aromatic heterocycles. The third-order valence-corrected chi connectivity index (χ3v) is 3.62. The van der Waals surface area contributed by atoms with E-state index in [0.717, 1.165) is 16.7 Å². The summed E-state index contributed by atoms with van der Waals surface area (Å²) in [4.78, 5) is 23.1. The predicted molar refractivity (Wildman–Crippen MR) is 94.1 cm³/mol. The van der Waals surface area contributed by atoms with Crippen molar-refractivity contribution < 1.29 is 14.0 Å². The number of benzene rings is 2. The molecule has 0 fully saturated rings. The highest BCUT2D eigenvalue weighted by Gasteiger charge is 2.03. The zero-order valence-electron chi connectivity index (χ0n) is 14.1. The van der Waals surface area contributed by atoms with Gasteiger partial charge in [0.25, 0.3) is 0 Å². The lowest BCUT2D eigenvalue weighted by Crippen LogP contribution is -2.34. The van der Waals surface area contributed by atoms with Crippen LogP contribution in [0, 0.1) is 5.82 Å². The zero-order valence-corrected chi connectivity index (χ0v) is 14.1. The van der Waals surface area contributed by atoms with Gasteiger partial charge in [-0.2, -0.15) is 0 Å². The van der Waals surface area contributed by atoms with E-state index in [2.05, 4.69) is 16.0 Å². The van der Waals surface area contributed by atoms with Crippen molar-refractivity contribution in [2.24, 2.45) is 0 Å². The van der Waals surface area contributed by atoms with Crippen molar-refractivity contribution >= 4 is 11.9 Å². The molecule has 6 heteroatoms. The van der Waals surface area contributed by atoms with Crippen molar-refractivity contribution in [1.82, 2.24) is 16.0 Å². The molecule has 0 aliphatic heterocycles. The topological polar surface area (TPSA) is 70.2 Å². The van der Waals surface area contributed by atoms with Crippen LogP contribution >= 0.6 is 0 Å². The average Bonchev–Trinajstić information content (AvgIpc) is 2.64. The fourth-order valence-corrected chi connectivity index (χ4v) is 2.20. The first-order valence-electron chi connectivity index (χ1n) is 8.17. The van der Waals surface area contributed by atoms with Gasteiger partial charge in [0.1, 0.15) is 5.82 Å². The summed E-state index contributed by atoms with van der Waals surface area (Å²) in [5, 5.41) is 8.31. The molecule has 0 atom stereocenters. The van der Waals surface area contributed by atoms with Gasteiger partial charge in [-0.25, -0.2) is 9.18 Å². The third kappa shape index (κ3) is 6.63. The van der Waals surface area contributed by atoms with Crippen LogP contribution in [0.3, 0.4) is 0 Å². The first kappa shape index (κ1) is 18.4. The smallest absolute Gasteiger partial charge is 0.315 e. The summed E-state index contributed by atoms with van der Waals surface area (Å²) >= 11 is 0. The molecule has 5 nitrogen and oxygen atoms in total. The van der Waals surface area contributed by atoms with Crippen LogP contribution in [0.25, 0.3) is 0 Å². The number of carbonyl (C=O) groups is 2. The summed E-state index contributed by atoms with van der Waals surface area (Å²) in [5.41, 5.74) is 2.75. The highest BCUT2D eigenvalue weighted by atomic mass is 19.1. The molecule has 0 radical (unpaired) electrons. The molecule has 0 bridgehead atoms. The summed E-state index contributed by atoms with van der Waals surface area (Å²) in [7, 11) is 0. The molecule has 0 unspecified atom stereocenters. The van der Waals surface area contributed by atoms with E-state index in [0.29, 0.717) is 26.1 Å². The largest absolute Gasteiger partial charge is 0.352 e. The molecular formula is C19H22FN3O2. The van der Waals surface area contributed by atoms with Gasteiger partial charge in [-0.05, 0) is 28.8 Å². The summed E-state index contributed by atoms with van der Waals surface area (Å²) < 4.78 is 12.8. The number of halogens is 1. The molecule has 132 valence electrons. The maximum atomic E-state index is 12.8. The van der Waals surface area contributed by atoms with Crippen molar-refractivity contribution in [2.75, 3.05) is 0 Å². The van der Waals surface area contributed by atoms with Crippen molar-refractivity contribution in [3.63, 3.8) is 0 Å². The summed E-state index contributed by atoms with van der Waals surface area (Å²) in [6.07, 6.45) is 0.454. The van der Waals surface area contributed by atoms with Gasteiger partial charge >= 0.3 is 6.03 Å². The predicted octanol–water partition coefficient (Wildman–Crippen LogP) is 2.85. The van der Waals surface area contributed by atoms with Gasteiger partial charge < -0.3 is 16.0 Å². The van der Waals surface area contributed by atoms with Crippen molar-refractivity contribution in [2.45, 2.75) is 33.0 Å². The lowest BCUT2D eigenvalue weighted by atomic mass is 10.1. The minimum absolute atomic E-state index is 0.00343. The number of rotatable bonds is 7. The average molecular weight is 343 g/mol. The highest BCUT2D eigenvalue weighted by Crippen LogP contribution is 2.05. The minimum Gasteiger partial charge on any atom is -0.352 e. The number of hydrogen-bond acceptors (Lipinski definition) is 2. The van der Waals surface area contributed by atoms with E-state index in [1.54, 1.807) is 19.1 Å². The standard InChI is InChI=1S/C19H22FN3O2/c1-2-18(24)21-12-15-4-3-5-16(10-15)13-23-19(25)22-11-14-6-8-17(20)9-7-14/h3-10H,2,11-13H2,1H3,(H,21,24)(H2,22,23,25). The maximum absolute atomic E-state index is 12.8. The Morgan fingerprint density at radius 2 is 1.40 bits per heavy atom. The molecule has 0 saturated heterocycles. The van der Waals surface area contributed by atoms with E-state index in [1.807, 2.05) is 24.3 Å². The molecule has 3 amide bonds. The van der Waals surface area contributed by atoms with Crippen molar-refractivity contribution in [3.05, 3.63) is 71.0 Å². The van der Waals surface area contributed by atoms with Gasteiger partial charge in [0.15, 0.2) is 0 Å². The SMILES string of the molecule is CCC(=O)NCc1cccc(CNC(=O)NCc2ccc(F)cc2)c1. The van der Waals surface area contributed by atoms with E-state index >= 15 is 0 Å². The first-order valence-corrected chi connectivity index (χ1v) is 8.17. The Morgan fingerprint density at radius 1 is 0.840 bits per heavy atom. The van der Waals surface area contributed by atoms with Gasteiger partial charge in [0, 0.05) is 26.1 Å². The van der Waals surface area contributed by atoms with Crippen LogP contribution in [-0.2, 0) is 24.4 Å². The highest BCUT2D eigenvalue weighted by molar-refractivity contribution is 5.75. The summed E-state index contributed by atoms with van der Waals surface area (Å²) in [5.74, 6) is -0.299. The van der Waals surface area contributed by atoms with Gasteiger partial charge in [-0.15, -0.1) is 0 Å². The molecular weight excluding hydrogens is 321 g/mol. The quantitative estimate of drug-likeness (QED) is 0.723. The van der Waals surface area contributed by atoms with Gasteiger partial charge in [-0.3, -0.25) is 4.79 Å². The van der Waals surface area contributed by atoms with E-state index in [9.17, 15) is 14.0 Å². The Hall–Kier alpha value is -2.89. The number of urea groups is 1. The van der Waals surface area contributed by atoms with Gasteiger partial charge in [0.2, 0.25) is 5.91 Å². The van der Waals surface area contributed by atoms with Crippen LogP contribution in [-0.4, -0.2) is 11.9 Å². The van der Waals surface area contributed by atoms with E-state index in [-0.39, 0.29) is 17.8 Å². The Bertz CT molecular complexity index is 717. The second-order valence-electron chi connectivity index (χ2n) is 5.61. The number of hydrogen-bond donors (Lipinski definition) is 3. The number of nitrogens with one attached hydrogen (secondary N) is 3. The molecule has 0 saturated carbocycles. The van der Waals surface area contributed by atoms with E-state index in [4.69, 9.17) is 0 Å². The Balaban J connectivity index is 1.77. The number of carbonyl (C=O) groups excluding carboxylic acids is 2. The van der Waals surface area contributed by atoms with Crippen LogP contribution in [0.15, 0.2) is 48.5 Å². The molecule has 0 aliphatic carbocycles. The maximum Gasteiger partial charge on any atom is 0.315 e. The third-order valence-electron chi connectivity index (χ3n) is 3.62. The Labute approximate surface area is 146 Å². The molecule has 2 rings (SSSR count). The number of amides is 3. The van der Waals surface area contributed by atoms with Gasteiger partial charge in [0.05, 0.1) is 0 Å². The minimum atomic E-state index is -0.303. The second-order valence-corrected chi connectivity index (χ2v) is 5.61. The van der Waals surface area contributed by atoms with E-state index < -0.39 is 0 Å². The fraction of sp³-hybridized carbons (Fsp3) is 0.263. The first-order chi connectivity index (χ1) is 12.1. The molecule has 2 aromatic rings. The molecule has 0 heterocycles. The van der Waals surface area contributed by atoms with E-state index in [1.165, 1.54) is 12.1 Å². The molecule has 0 aliphatic rings. The normalized spacial score (nSPS) is 10.2. The molecule has 2 aromatic carbocycles. The molecule has 0 spiro atoms. The van der Waals surface area contributed by atoms with Crippen LogP contribution in [0.4, 0.5) is 9.18 Å². The van der Waals surface area contributed by atoms with Crippen molar-refractivity contribution in [1.29, 1.82) is 0 Å². The lowest BCUT2D eigenvalue weighted by molar-refractivity contribution is -0.120. The summed E-state index contributed by atoms with van der Waals surface area (Å²) in [6.45, 7) is 2.98. The monoisotopic (exact) mass is 343 g/mol. The lowest BCUT2D eigenvalue weighted by Gasteiger charge is -2.09. The molecule has 3 N–H and O–H groups in total. The van der Waals surface area contributed by atoms with Crippen LogP contribution < -0.4 is 16.0 Å². The summed E-state index contributed by atoms with van der Waals surface area (Å²) in [6, 6.07) is 13.3. The Kier molecular flexibility index (Phi) is 6.95.